The summed E-state index contributed by atoms with van der Waals surface area (Å²) in [6.45, 7) is 9.39. The van der Waals surface area contributed by atoms with Crippen molar-refractivity contribution in [3.63, 3.8) is 0 Å². The van der Waals surface area contributed by atoms with Gasteiger partial charge in [0.05, 0.1) is 12.7 Å². The molecule has 0 aliphatic carbocycles. The first-order valence-corrected chi connectivity index (χ1v) is 7.03. The third-order valence-electron chi connectivity index (χ3n) is 3.76. The molecule has 0 aromatic heterocycles. The molecule has 0 amide bonds. The highest BCUT2D eigenvalue weighted by atomic mass is 16.5. The minimum atomic E-state index is 0.451. The number of nitrogens with zero attached hydrogens (tertiary/aromatic N) is 1. The fourth-order valence-electron chi connectivity index (χ4n) is 2.56. The molecule has 1 unspecified atom stereocenters. The van der Waals surface area contributed by atoms with Crippen LogP contribution in [0.2, 0.25) is 0 Å². The van der Waals surface area contributed by atoms with E-state index in [0.29, 0.717) is 12.1 Å². The van der Waals surface area contributed by atoms with Crippen molar-refractivity contribution >= 4 is 0 Å². The Morgan fingerprint density at radius 2 is 2.06 bits per heavy atom. The second kappa shape index (κ2) is 7.31. The first-order valence-electron chi connectivity index (χ1n) is 7.03. The minimum Gasteiger partial charge on any atom is -0.381 e. The van der Waals surface area contributed by atoms with E-state index in [1.54, 1.807) is 0 Å². The number of rotatable bonds is 5. The van der Waals surface area contributed by atoms with Crippen LogP contribution in [0.25, 0.3) is 0 Å². The van der Waals surface area contributed by atoms with Gasteiger partial charge in [0.2, 0.25) is 0 Å². The van der Waals surface area contributed by atoms with Crippen molar-refractivity contribution in [1.29, 1.82) is 0 Å². The summed E-state index contributed by atoms with van der Waals surface area (Å²) in [4.78, 5) is 2.52. The number of hydrogen-bond acceptors (Lipinski definition) is 4. The summed E-state index contributed by atoms with van der Waals surface area (Å²) in [5, 5.41) is 3.64. The van der Waals surface area contributed by atoms with Crippen molar-refractivity contribution in [2.24, 2.45) is 0 Å². The normalized spacial score (nSPS) is 28.4. The second-order valence-electron chi connectivity index (χ2n) is 5.04. The van der Waals surface area contributed by atoms with Gasteiger partial charge >= 0.3 is 0 Å². The van der Waals surface area contributed by atoms with Gasteiger partial charge in [-0.15, -0.1) is 0 Å². The molecule has 2 heterocycles. The number of ether oxygens (including phenoxy) is 2. The van der Waals surface area contributed by atoms with Crippen molar-refractivity contribution in [2.75, 3.05) is 46.0 Å². The van der Waals surface area contributed by atoms with Gasteiger partial charge in [0.25, 0.3) is 0 Å². The van der Waals surface area contributed by atoms with Crippen molar-refractivity contribution < 1.29 is 9.47 Å². The van der Waals surface area contributed by atoms with Crippen LogP contribution in [0.1, 0.15) is 26.2 Å². The van der Waals surface area contributed by atoms with E-state index in [9.17, 15) is 0 Å². The Hall–Kier alpha value is -0.160. The van der Waals surface area contributed by atoms with Crippen LogP contribution >= 0.6 is 0 Å². The van der Waals surface area contributed by atoms with Gasteiger partial charge in [-0.05, 0) is 19.3 Å². The molecule has 1 atom stereocenters. The van der Waals surface area contributed by atoms with E-state index in [2.05, 4.69) is 17.1 Å². The predicted octanol–water partition coefficient (Wildman–Crippen LogP) is 0.866. The average molecular weight is 242 g/mol. The van der Waals surface area contributed by atoms with Gasteiger partial charge in [0, 0.05) is 45.4 Å². The van der Waals surface area contributed by atoms with Crippen LogP contribution in [-0.4, -0.2) is 63.0 Å². The van der Waals surface area contributed by atoms with Crippen LogP contribution in [0.4, 0.5) is 0 Å². The van der Waals surface area contributed by atoms with Crippen LogP contribution in [0.15, 0.2) is 0 Å². The Bertz CT molecular complexity index is 208. The van der Waals surface area contributed by atoms with Crippen molar-refractivity contribution in [1.82, 2.24) is 10.2 Å². The van der Waals surface area contributed by atoms with E-state index in [4.69, 9.17) is 9.47 Å². The smallest absolute Gasteiger partial charge is 0.0700 e. The highest BCUT2D eigenvalue weighted by Crippen LogP contribution is 2.08. The lowest BCUT2D eigenvalue weighted by molar-refractivity contribution is -0.0295. The Morgan fingerprint density at radius 1 is 1.24 bits per heavy atom. The van der Waals surface area contributed by atoms with Crippen LogP contribution in [0.5, 0.6) is 0 Å². The van der Waals surface area contributed by atoms with Crippen LogP contribution in [0, 0.1) is 0 Å². The topological polar surface area (TPSA) is 33.7 Å². The van der Waals surface area contributed by atoms with Crippen LogP contribution < -0.4 is 5.32 Å². The van der Waals surface area contributed by atoms with Gasteiger partial charge in [-0.1, -0.05) is 6.92 Å². The summed E-state index contributed by atoms with van der Waals surface area (Å²) in [7, 11) is 0. The third kappa shape index (κ3) is 4.54. The Morgan fingerprint density at radius 3 is 2.82 bits per heavy atom. The van der Waals surface area contributed by atoms with E-state index >= 15 is 0 Å². The van der Waals surface area contributed by atoms with Crippen molar-refractivity contribution in [3.8, 4) is 0 Å². The van der Waals surface area contributed by atoms with Gasteiger partial charge in [-0.25, -0.2) is 0 Å². The summed E-state index contributed by atoms with van der Waals surface area (Å²) in [6.07, 6.45) is 3.91. The molecular formula is C13H26N2O2. The zero-order chi connectivity index (χ0) is 11.9. The summed E-state index contributed by atoms with van der Waals surface area (Å²) < 4.78 is 11.0. The van der Waals surface area contributed by atoms with E-state index in [1.165, 1.54) is 12.8 Å². The molecule has 0 aromatic rings. The van der Waals surface area contributed by atoms with Crippen LogP contribution in [0.3, 0.4) is 0 Å². The van der Waals surface area contributed by atoms with Crippen molar-refractivity contribution in [3.05, 3.63) is 0 Å². The Balaban J connectivity index is 1.57. The molecule has 2 aliphatic rings. The molecule has 2 saturated heterocycles. The maximum atomic E-state index is 5.68. The first kappa shape index (κ1) is 13.3. The molecule has 2 rings (SSSR count). The highest BCUT2D eigenvalue weighted by Gasteiger charge is 2.19. The SMILES string of the molecule is CCC1CN(CCNC2CCOCC2)CCO1. The lowest BCUT2D eigenvalue weighted by Gasteiger charge is -2.33. The monoisotopic (exact) mass is 242 g/mol. The Kier molecular flexibility index (Phi) is 5.71. The molecule has 0 spiro atoms. The predicted molar refractivity (Wildman–Crippen MR) is 68.3 cm³/mol. The molecule has 0 aromatic carbocycles. The number of morpholine rings is 1. The molecule has 4 nitrogen and oxygen atoms in total. The maximum Gasteiger partial charge on any atom is 0.0700 e. The molecule has 17 heavy (non-hydrogen) atoms. The second-order valence-corrected chi connectivity index (χ2v) is 5.04. The van der Waals surface area contributed by atoms with Gasteiger partial charge < -0.3 is 14.8 Å². The lowest BCUT2D eigenvalue weighted by atomic mass is 10.1. The number of nitrogens with one attached hydrogen (secondary N) is 1. The molecule has 2 aliphatic heterocycles. The molecule has 100 valence electrons. The third-order valence-corrected chi connectivity index (χ3v) is 3.76. The first-order chi connectivity index (χ1) is 8.38. The zero-order valence-corrected chi connectivity index (χ0v) is 11.0. The maximum absolute atomic E-state index is 5.68. The highest BCUT2D eigenvalue weighted by molar-refractivity contribution is 4.74. The van der Waals surface area contributed by atoms with Gasteiger partial charge in [0.1, 0.15) is 0 Å². The molecule has 4 heteroatoms. The largest absolute Gasteiger partial charge is 0.381 e. The van der Waals surface area contributed by atoms with E-state index in [0.717, 1.165) is 52.4 Å². The van der Waals surface area contributed by atoms with E-state index in [-0.39, 0.29) is 0 Å². The summed E-state index contributed by atoms with van der Waals surface area (Å²) in [5.41, 5.74) is 0. The lowest BCUT2D eigenvalue weighted by Crippen LogP contribution is -2.46. The zero-order valence-electron chi connectivity index (χ0n) is 11.0. The fourth-order valence-corrected chi connectivity index (χ4v) is 2.56. The minimum absolute atomic E-state index is 0.451. The molecule has 2 fully saturated rings. The fraction of sp³-hybridized carbons (Fsp3) is 1.00. The summed E-state index contributed by atoms with van der Waals surface area (Å²) in [6, 6.07) is 0.673. The van der Waals surface area contributed by atoms with E-state index in [1.807, 2.05) is 0 Å². The quantitative estimate of drug-likeness (QED) is 0.775. The van der Waals surface area contributed by atoms with Gasteiger partial charge in [0.15, 0.2) is 0 Å². The van der Waals surface area contributed by atoms with Gasteiger partial charge in [-0.2, -0.15) is 0 Å². The molecule has 0 bridgehead atoms. The molecule has 1 N–H and O–H groups in total. The standard InChI is InChI=1S/C13H26N2O2/c1-2-13-11-15(7-10-17-13)6-5-14-12-3-8-16-9-4-12/h12-14H,2-11H2,1H3. The molecule has 0 radical (unpaired) electrons. The number of hydrogen-bond donors (Lipinski definition) is 1. The van der Waals surface area contributed by atoms with Crippen molar-refractivity contribution in [2.45, 2.75) is 38.3 Å². The summed E-state index contributed by atoms with van der Waals surface area (Å²) in [5.74, 6) is 0. The van der Waals surface area contributed by atoms with E-state index < -0.39 is 0 Å². The molecular weight excluding hydrogens is 216 g/mol. The summed E-state index contributed by atoms with van der Waals surface area (Å²) >= 11 is 0. The van der Waals surface area contributed by atoms with Crippen LogP contribution in [-0.2, 0) is 9.47 Å². The van der Waals surface area contributed by atoms with Gasteiger partial charge in [-0.3, -0.25) is 4.90 Å². The average Bonchev–Trinajstić information content (AvgIpc) is 2.40. The Labute approximate surface area is 105 Å². The molecule has 0 saturated carbocycles.